The normalized spacial score (nSPS) is 11.5. The molecule has 0 fully saturated rings. The Hall–Kier alpha value is -3.33. The summed E-state index contributed by atoms with van der Waals surface area (Å²) < 4.78 is 35.3. The second kappa shape index (κ2) is 9.66. The molecule has 9 heteroatoms. The van der Waals surface area contributed by atoms with Gasteiger partial charge in [0.15, 0.2) is 0 Å². The Morgan fingerprint density at radius 1 is 1.09 bits per heavy atom. The van der Waals surface area contributed by atoms with Crippen LogP contribution in [-0.4, -0.2) is 37.8 Å². The summed E-state index contributed by atoms with van der Waals surface area (Å²) in [6.45, 7) is 7.09. The lowest BCUT2D eigenvalue weighted by atomic mass is 10.0. The van der Waals surface area contributed by atoms with E-state index in [1.54, 1.807) is 64.4 Å². The minimum absolute atomic E-state index is 0.107. The number of ether oxygens (including phenoxy) is 1. The van der Waals surface area contributed by atoms with Crippen LogP contribution < -0.4 is 14.4 Å². The fourth-order valence-corrected chi connectivity index (χ4v) is 5.41. The van der Waals surface area contributed by atoms with Gasteiger partial charge in [-0.15, -0.1) is 0 Å². The number of anilines is 2. The number of amides is 1. The van der Waals surface area contributed by atoms with E-state index in [0.29, 0.717) is 34.4 Å². The van der Waals surface area contributed by atoms with Gasteiger partial charge < -0.3 is 10.1 Å². The van der Waals surface area contributed by atoms with Gasteiger partial charge in [0.05, 0.1) is 24.2 Å². The SMILES string of the molecule is COc1ccc(NC(=O)CN(c2ccc(C(C)C)cc2)S(=O)(=O)c2c(C)nn(C)c2C)cc1. The maximum Gasteiger partial charge on any atom is 0.268 e. The van der Waals surface area contributed by atoms with Crippen LogP contribution in [0.1, 0.15) is 36.7 Å². The van der Waals surface area contributed by atoms with Gasteiger partial charge in [-0.2, -0.15) is 5.10 Å². The van der Waals surface area contributed by atoms with Crippen LogP contribution in [0.3, 0.4) is 0 Å². The third kappa shape index (κ3) is 5.19. The molecule has 2 aromatic carbocycles. The number of carbonyl (C=O) groups excluding carboxylic acids is 1. The molecule has 0 bridgehead atoms. The van der Waals surface area contributed by atoms with Gasteiger partial charge in [0.25, 0.3) is 10.0 Å². The number of nitrogens with one attached hydrogen (secondary N) is 1. The fraction of sp³-hybridized carbons (Fsp3) is 0.333. The quantitative estimate of drug-likeness (QED) is 0.537. The maximum atomic E-state index is 13.8. The molecule has 1 heterocycles. The average Bonchev–Trinajstić information content (AvgIpc) is 3.04. The third-order valence-corrected chi connectivity index (χ3v) is 7.53. The van der Waals surface area contributed by atoms with Crippen molar-refractivity contribution in [3.05, 3.63) is 65.5 Å². The van der Waals surface area contributed by atoms with E-state index in [4.69, 9.17) is 4.74 Å². The Morgan fingerprint density at radius 3 is 2.18 bits per heavy atom. The largest absolute Gasteiger partial charge is 0.497 e. The van der Waals surface area contributed by atoms with Gasteiger partial charge in [0.2, 0.25) is 5.91 Å². The molecule has 0 spiro atoms. The number of sulfonamides is 1. The van der Waals surface area contributed by atoms with E-state index >= 15 is 0 Å². The van der Waals surface area contributed by atoms with Crippen LogP contribution in [0.4, 0.5) is 11.4 Å². The number of aromatic nitrogens is 2. The summed E-state index contributed by atoms with van der Waals surface area (Å²) in [5, 5.41) is 7.01. The van der Waals surface area contributed by atoms with Crippen molar-refractivity contribution >= 4 is 27.3 Å². The summed E-state index contributed by atoms with van der Waals surface area (Å²) in [7, 11) is -0.804. The van der Waals surface area contributed by atoms with E-state index in [9.17, 15) is 13.2 Å². The second-order valence-electron chi connectivity index (χ2n) is 8.16. The van der Waals surface area contributed by atoms with Crippen molar-refractivity contribution in [3.63, 3.8) is 0 Å². The zero-order valence-electron chi connectivity index (χ0n) is 19.8. The highest BCUT2D eigenvalue weighted by Gasteiger charge is 2.32. The molecule has 3 aromatic rings. The van der Waals surface area contributed by atoms with E-state index in [-0.39, 0.29) is 11.4 Å². The Bertz CT molecular complexity index is 1230. The van der Waals surface area contributed by atoms with Crippen molar-refractivity contribution in [2.45, 2.75) is 38.5 Å². The van der Waals surface area contributed by atoms with Gasteiger partial charge in [-0.1, -0.05) is 26.0 Å². The Morgan fingerprint density at radius 2 is 1.70 bits per heavy atom. The summed E-state index contributed by atoms with van der Waals surface area (Å²) in [6.07, 6.45) is 0. The lowest BCUT2D eigenvalue weighted by Gasteiger charge is -2.24. The molecule has 8 nitrogen and oxygen atoms in total. The van der Waals surface area contributed by atoms with Crippen molar-refractivity contribution in [2.75, 3.05) is 23.3 Å². The molecule has 0 aliphatic heterocycles. The smallest absolute Gasteiger partial charge is 0.268 e. The standard InChI is InChI=1S/C24H30N4O4S/c1-16(2)19-7-11-21(12-8-19)28(33(30,31)24-17(3)26-27(5)18(24)4)15-23(29)25-20-9-13-22(32-6)14-10-20/h7-14,16H,15H2,1-6H3,(H,25,29). The minimum Gasteiger partial charge on any atom is -0.497 e. The minimum atomic E-state index is -4.06. The molecule has 176 valence electrons. The fourth-order valence-electron chi connectivity index (χ4n) is 3.58. The zero-order valence-corrected chi connectivity index (χ0v) is 20.6. The number of benzene rings is 2. The first-order chi connectivity index (χ1) is 15.5. The predicted octanol–water partition coefficient (Wildman–Crippen LogP) is 4.00. The monoisotopic (exact) mass is 470 g/mol. The summed E-state index contributed by atoms with van der Waals surface area (Å²) in [4.78, 5) is 13.0. The van der Waals surface area contributed by atoms with Gasteiger partial charge in [-0.05, 0) is 61.7 Å². The first-order valence-corrected chi connectivity index (χ1v) is 12.1. The van der Waals surface area contributed by atoms with E-state index in [2.05, 4.69) is 24.3 Å². The molecular weight excluding hydrogens is 440 g/mol. The number of methoxy groups -OCH3 is 1. The number of hydrogen-bond donors (Lipinski definition) is 1. The van der Waals surface area contributed by atoms with Crippen molar-refractivity contribution in [1.29, 1.82) is 0 Å². The molecule has 0 saturated carbocycles. The molecule has 33 heavy (non-hydrogen) atoms. The molecule has 1 aromatic heterocycles. The van der Waals surface area contributed by atoms with Gasteiger partial charge in [0.1, 0.15) is 17.2 Å². The van der Waals surface area contributed by atoms with E-state index in [1.807, 2.05) is 12.1 Å². The predicted molar refractivity (Wildman–Crippen MR) is 129 cm³/mol. The summed E-state index contributed by atoms with van der Waals surface area (Å²) >= 11 is 0. The highest BCUT2D eigenvalue weighted by atomic mass is 32.2. The van der Waals surface area contributed by atoms with Crippen LogP contribution in [0.2, 0.25) is 0 Å². The number of hydrogen-bond acceptors (Lipinski definition) is 5. The third-order valence-electron chi connectivity index (χ3n) is 5.50. The molecule has 3 rings (SSSR count). The molecule has 1 N–H and O–H groups in total. The molecule has 0 radical (unpaired) electrons. The molecule has 0 atom stereocenters. The maximum absolute atomic E-state index is 13.8. The van der Waals surface area contributed by atoms with E-state index < -0.39 is 15.9 Å². The van der Waals surface area contributed by atoms with Crippen LogP contribution >= 0.6 is 0 Å². The summed E-state index contributed by atoms with van der Waals surface area (Å²) in [5.41, 5.74) is 2.92. The Kier molecular flexibility index (Phi) is 7.12. The Labute approximate surface area is 195 Å². The van der Waals surface area contributed by atoms with Crippen LogP contribution in [-0.2, 0) is 21.9 Å². The first-order valence-electron chi connectivity index (χ1n) is 10.6. The summed E-state index contributed by atoms with van der Waals surface area (Å²) in [6, 6.07) is 14.1. The topological polar surface area (TPSA) is 93.5 Å². The number of rotatable bonds is 8. The van der Waals surface area contributed by atoms with Gasteiger partial charge in [-0.3, -0.25) is 13.8 Å². The molecular formula is C24H30N4O4S. The van der Waals surface area contributed by atoms with Crippen LogP contribution in [0.15, 0.2) is 53.4 Å². The lowest BCUT2D eigenvalue weighted by Crippen LogP contribution is -2.38. The second-order valence-corrected chi connectivity index (χ2v) is 9.96. The van der Waals surface area contributed by atoms with Gasteiger partial charge in [0, 0.05) is 12.7 Å². The van der Waals surface area contributed by atoms with Crippen LogP contribution in [0.5, 0.6) is 5.75 Å². The number of carbonyl (C=O) groups is 1. The van der Waals surface area contributed by atoms with Crippen molar-refractivity contribution in [2.24, 2.45) is 7.05 Å². The van der Waals surface area contributed by atoms with Gasteiger partial charge in [-0.25, -0.2) is 8.42 Å². The molecule has 0 saturated heterocycles. The molecule has 0 aliphatic rings. The average molecular weight is 471 g/mol. The van der Waals surface area contributed by atoms with Crippen LogP contribution in [0.25, 0.3) is 0 Å². The van der Waals surface area contributed by atoms with Crippen molar-refractivity contribution < 1.29 is 17.9 Å². The molecule has 0 unspecified atom stereocenters. The van der Waals surface area contributed by atoms with Crippen molar-refractivity contribution in [1.82, 2.24) is 9.78 Å². The van der Waals surface area contributed by atoms with E-state index in [1.165, 1.54) is 4.68 Å². The summed E-state index contributed by atoms with van der Waals surface area (Å²) in [5.74, 6) is 0.492. The zero-order chi connectivity index (χ0) is 24.3. The molecule has 1 amide bonds. The number of aryl methyl sites for hydroxylation is 2. The highest BCUT2D eigenvalue weighted by molar-refractivity contribution is 7.93. The van der Waals surface area contributed by atoms with Crippen LogP contribution in [0, 0.1) is 13.8 Å². The number of nitrogens with zero attached hydrogens (tertiary/aromatic N) is 3. The van der Waals surface area contributed by atoms with E-state index in [0.717, 1.165) is 9.87 Å². The Balaban J connectivity index is 1.98. The highest BCUT2D eigenvalue weighted by Crippen LogP contribution is 2.29. The molecule has 0 aliphatic carbocycles. The van der Waals surface area contributed by atoms with Crippen molar-refractivity contribution in [3.8, 4) is 5.75 Å². The van der Waals surface area contributed by atoms with Gasteiger partial charge >= 0.3 is 0 Å². The lowest BCUT2D eigenvalue weighted by molar-refractivity contribution is -0.114. The first kappa shape index (κ1) is 24.3.